The Balaban J connectivity index is 1.97. The van der Waals surface area contributed by atoms with Crippen molar-refractivity contribution in [3.8, 4) is 10.4 Å². The summed E-state index contributed by atoms with van der Waals surface area (Å²) in [5.74, 6) is -2.26. The summed E-state index contributed by atoms with van der Waals surface area (Å²) < 4.78 is 65.7. The number of nitrogens with one attached hydrogen (secondary N) is 2. The van der Waals surface area contributed by atoms with Gasteiger partial charge in [-0.2, -0.15) is 13.2 Å². The van der Waals surface area contributed by atoms with Gasteiger partial charge in [-0.1, -0.05) is 0 Å². The van der Waals surface area contributed by atoms with Gasteiger partial charge in [-0.25, -0.2) is 18.7 Å². The highest BCUT2D eigenvalue weighted by molar-refractivity contribution is 7.17. The summed E-state index contributed by atoms with van der Waals surface area (Å²) in [6, 6.07) is -1.81. The van der Waals surface area contributed by atoms with Crippen LogP contribution in [0.25, 0.3) is 10.4 Å². The molecule has 2 heterocycles. The Morgan fingerprint density at radius 2 is 2.00 bits per heavy atom. The van der Waals surface area contributed by atoms with Crippen LogP contribution in [0.1, 0.15) is 52.0 Å². The first-order valence-electron chi connectivity index (χ1n) is 9.29. The van der Waals surface area contributed by atoms with Gasteiger partial charge in [-0.05, 0) is 25.8 Å². The zero-order valence-electron chi connectivity index (χ0n) is 16.4. The van der Waals surface area contributed by atoms with Crippen LogP contribution in [0.15, 0.2) is 12.3 Å². The summed E-state index contributed by atoms with van der Waals surface area (Å²) in [5.41, 5.74) is 3.82. The molecule has 14 heteroatoms. The van der Waals surface area contributed by atoms with Crippen molar-refractivity contribution >= 4 is 29.0 Å². The lowest BCUT2D eigenvalue weighted by molar-refractivity contribution is -0.138. The number of pyridine rings is 1. The molecule has 2 unspecified atom stereocenters. The quantitative estimate of drug-likeness (QED) is 0.452. The fourth-order valence-corrected chi connectivity index (χ4v) is 3.88. The highest BCUT2D eigenvalue weighted by Gasteiger charge is 2.36. The molecule has 1 saturated carbocycles. The smallest absolute Gasteiger partial charge is 0.391 e. The molecule has 1 aliphatic carbocycles. The third-order valence-electron chi connectivity index (χ3n) is 4.88. The maximum Gasteiger partial charge on any atom is 0.408 e. The van der Waals surface area contributed by atoms with Crippen molar-refractivity contribution in [1.82, 2.24) is 15.3 Å². The van der Waals surface area contributed by atoms with E-state index in [1.54, 1.807) is 0 Å². The van der Waals surface area contributed by atoms with E-state index in [0.717, 1.165) is 19.2 Å². The average Bonchev–Trinajstić information content (AvgIpc) is 3.15. The molecule has 0 aromatic carbocycles. The van der Waals surface area contributed by atoms with E-state index >= 15 is 0 Å². The third-order valence-corrected chi connectivity index (χ3v) is 5.97. The molecule has 8 nitrogen and oxygen atoms in total. The van der Waals surface area contributed by atoms with E-state index < -0.39 is 59.7 Å². The van der Waals surface area contributed by atoms with Crippen molar-refractivity contribution in [2.24, 2.45) is 5.73 Å². The molecule has 0 saturated heterocycles. The number of thiazole rings is 1. The first-order valence-corrected chi connectivity index (χ1v) is 10.1. The molecule has 0 radical (unpaired) electrons. The fourth-order valence-electron chi connectivity index (χ4n) is 2.87. The largest absolute Gasteiger partial charge is 0.408 e. The van der Waals surface area contributed by atoms with Gasteiger partial charge in [0.25, 0.3) is 18.2 Å². The standard InChI is InChI=1S/C18H18F5N5O3S/c1-6(18(21,22)23)26-11-4-7(14(19)20)8(5-25-11)13-12(15(24)30)28-17(32-13)16(31)27-9-2-3-10(9)29/h4-6,9-10,14,29H,2-3H2,1H3,(H2,24,30)(H,25,26)(H,27,31)/t6-,9?,10?/m0/s1. The van der Waals surface area contributed by atoms with E-state index in [4.69, 9.17) is 5.73 Å². The van der Waals surface area contributed by atoms with Crippen LogP contribution in [-0.2, 0) is 0 Å². The molecular formula is C18H18F5N5O3S. The number of nitrogens with two attached hydrogens (primary N) is 1. The van der Waals surface area contributed by atoms with E-state index in [1.807, 2.05) is 5.32 Å². The van der Waals surface area contributed by atoms with E-state index in [-0.39, 0.29) is 15.4 Å². The molecule has 1 fully saturated rings. The van der Waals surface area contributed by atoms with Gasteiger partial charge < -0.3 is 21.5 Å². The third kappa shape index (κ3) is 4.96. The molecular weight excluding hydrogens is 461 g/mol. The lowest BCUT2D eigenvalue weighted by atomic mass is 9.89. The SMILES string of the molecule is C[C@H](Nc1cc(C(F)F)c(-c2sc(C(=O)NC3CCC3O)nc2C(N)=O)cn1)C(F)(F)F. The number of aliphatic hydroxyl groups excluding tert-OH is 1. The molecule has 174 valence electrons. The first kappa shape index (κ1) is 23.8. The van der Waals surface area contributed by atoms with Crippen LogP contribution in [0.3, 0.4) is 0 Å². The first-order chi connectivity index (χ1) is 14.9. The predicted molar refractivity (Wildman–Crippen MR) is 104 cm³/mol. The minimum atomic E-state index is -4.63. The normalized spacial score (nSPS) is 19.4. The Morgan fingerprint density at radius 3 is 2.50 bits per heavy atom. The van der Waals surface area contributed by atoms with Gasteiger partial charge >= 0.3 is 6.18 Å². The number of carbonyl (C=O) groups excluding carboxylic acids is 2. The number of halogens is 5. The van der Waals surface area contributed by atoms with Crippen LogP contribution in [0, 0.1) is 0 Å². The summed E-state index contributed by atoms with van der Waals surface area (Å²) in [6.07, 6.45) is -6.57. The zero-order chi connectivity index (χ0) is 23.8. The van der Waals surface area contributed by atoms with Gasteiger partial charge in [-0.3, -0.25) is 9.59 Å². The molecule has 3 atom stereocenters. The van der Waals surface area contributed by atoms with Crippen LogP contribution >= 0.6 is 11.3 Å². The second-order valence-corrected chi connectivity index (χ2v) is 8.15. The Bertz CT molecular complexity index is 1030. The molecule has 3 rings (SSSR count). The Hall–Kier alpha value is -2.87. The van der Waals surface area contributed by atoms with Crippen molar-refractivity contribution in [2.45, 2.75) is 50.6 Å². The topological polar surface area (TPSA) is 130 Å². The summed E-state index contributed by atoms with van der Waals surface area (Å²) in [7, 11) is 0. The minimum Gasteiger partial charge on any atom is -0.391 e. The number of hydrogen-bond acceptors (Lipinski definition) is 7. The second-order valence-electron chi connectivity index (χ2n) is 7.15. The molecule has 0 spiro atoms. The van der Waals surface area contributed by atoms with Gasteiger partial charge in [0, 0.05) is 17.3 Å². The lowest BCUT2D eigenvalue weighted by Gasteiger charge is -2.32. The van der Waals surface area contributed by atoms with Crippen molar-refractivity contribution in [3.63, 3.8) is 0 Å². The Labute approximate surface area is 182 Å². The Kier molecular flexibility index (Phi) is 6.64. The Morgan fingerprint density at radius 1 is 1.31 bits per heavy atom. The fraction of sp³-hybridized carbons (Fsp3) is 0.444. The van der Waals surface area contributed by atoms with E-state index in [2.05, 4.69) is 15.3 Å². The van der Waals surface area contributed by atoms with Crippen molar-refractivity contribution in [1.29, 1.82) is 0 Å². The number of alkyl halides is 5. The lowest BCUT2D eigenvalue weighted by Crippen LogP contribution is -2.50. The predicted octanol–water partition coefficient (Wildman–Crippen LogP) is 2.86. The number of aromatic nitrogens is 2. The minimum absolute atomic E-state index is 0.171. The van der Waals surface area contributed by atoms with E-state index in [0.29, 0.717) is 24.2 Å². The van der Waals surface area contributed by atoms with Crippen LogP contribution in [0.5, 0.6) is 0 Å². The van der Waals surface area contributed by atoms with Gasteiger partial charge in [0.1, 0.15) is 17.6 Å². The van der Waals surface area contributed by atoms with Gasteiger partial charge in [0.15, 0.2) is 5.01 Å². The van der Waals surface area contributed by atoms with Crippen molar-refractivity contribution in [3.05, 3.63) is 28.5 Å². The number of rotatable bonds is 7. The van der Waals surface area contributed by atoms with E-state index in [9.17, 15) is 36.6 Å². The molecule has 32 heavy (non-hydrogen) atoms. The van der Waals surface area contributed by atoms with Crippen molar-refractivity contribution < 1.29 is 36.6 Å². The summed E-state index contributed by atoms with van der Waals surface area (Å²) in [4.78, 5) is 31.6. The van der Waals surface area contributed by atoms with Crippen LogP contribution < -0.4 is 16.4 Å². The number of carbonyl (C=O) groups is 2. The van der Waals surface area contributed by atoms with Gasteiger partial charge in [-0.15, -0.1) is 11.3 Å². The summed E-state index contributed by atoms with van der Waals surface area (Å²) >= 11 is 0.603. The maximum atomic E-state index is 13.7. The van der Waals surface area contributed by atoms with Crippen LogP contribution in [-0.4, -0.2) is 51.3 Å². The molecule has 5 N–H and O–H groups in total. The molecule has 1 aliphatic rings. The highest BCUT2D eigenvalue weighted by atomic mass is 32.1. The van der Waals surface area contributed by atoms with Crippen LogP contribution in [0.2, 0.25) is 0 Å². The average molecular weight is 479 g/mol. The zero-order valence-corrected chi connectivity index (χ0v) is 17.2. The summed E-state index contributed by atoms with van der Waals surface area (Å²) in [5, 5.41) is 13.9. The highest BCUT2D eigenvalue weighted by Crippen LogP contribution is 2.38. The number of nitrogens with zero attached hydrogens (tertiary/aromatic N) is 2. The number of anilines is 1. The molecule has 2 aromatic rings. The molecule has 2 amide bonds. The van der Waals surface area contributed by atoms with Crippen molar-refractivity contribution in [2.75, 3.05) is 5.32 Å². The number of hydrogen-bond donors (Lipinski definition) is 4. The number of amides is 2. The summed E-state index contributed by atoms with van der Waals surface area (Å²) in [6.45, 7) is 0.802. The van der Waals surface area contributed by atoms with Gasteiger partial charge in [0.2, 0.25) is 0 Å². The number of aliphatic hydroxyl groups is 1. The monoisotopic (exact) mass is 479 g/mol. The number of primary amides is 1. The van der Waals surface area contributed by atoms with Gasteiger partial charge in [0.05, 0.1) is 17.0 Å². The van der Waals surface area contributed by atoms with Crippen LogP contribution in [0.4, 0.5) is 27.8 Å². The molecule has 0 bridgehead atoms. The molecule has 0 aliphatic heterocycles. The van der Waals surface area contributed by atoms with E-state index in [1.165, 1.54) is 0 Å². The maximum absolute atomic E-state index is 13.7. The molecule has 2 aromatic heterocycles. The second kappa shape index (κ2) is 8.94.